The Hall–Kier alpha value is -1.85. The van der Waals surface area contributed by atoms with Crippen LogP contribution in [0.4, 0.5) is 0 Å². The smallest absolute Gasteiger partial charge is 0.302 e. The maximum Gasteiger partial charge on any atom is 0.302 e. The molecule has 4 aliphatic carbocycles. The van der Waals surface area contributed by atoms with Gasteiger partial charge in [-0.2, -0.15) is 0 Å². The molecule has 244 valence electrons. The van der Waals surface area contributed by atoms with Crippen LogP contribution in [0.5, 0.6) is 0 Å². The van der Waals surface area contributed by atoms with Crippen LogP contribution in [0.2, 0.25) is 0 Å². The zero-order valence-electron chi connectivity index (χ0n) is 28.8. The van der Waals surface area contributed by atoms with Gasteiger partial charge >= 0.3 is 11.9 Å². The summed E-state index contributed by atoms with van der Waals surface area (Å²) in [4.78, 5) is 36.5. The first-order valence-corrected chi connectivity index (χ1v) is 17.4. The van der Waals surface area contributed by atoms with Crippen molar-refractivity contribution in [2.75, 3.05) is 13.2 Å². The van der Waals surface area contributed by atoms with Gasteiger partial charge in [-0.25, -0.2) is 0 Å². The summed E-state index contributed by atoms with van der Waals surface area (Å²) >= 11 is 0. The molecule has 0 aliphatic heterocycles. The van der Waals surface area contributed by atoms with Crippen LogP contribution in [0, 0.1) is 51.8 Å². The second-order valence-corrected chi connectivity index (χ2v) is 16.2. The van der Waals surface area contributed by atoms with Crippen LogP contribution in [-0.2, 0) is 23.9 Å². The molecule has 6 nitrogen and oxygen atoms in total. The summed E-state index contributed by atoms with van der Waals surface area (Å²) in [5, 5.41) is 3.28. The zero-order chi connectivity index (χ0) is 31.7. The number of esters is 2. The molecule has 0 spiro atoms. The van der Waals surface area contributed by atoms with E-state index in [0.717, 1.165) is 42.9 Å². The Labute approximate surface area is 261 Å². The van der Waals surface area contributed by atoms with E-state index in [9.17, 15) is 14.4 Å². The average molecular weight is 600 g/mol. The van der Waals surface area contributed by atoms with Gasteiger partial charge in [-0.05, 0) is 111 Å². The largest absolute Gasteiger partial charge is 0.465 e. The maximum absolute atomic E-state index is 13.5. The average Bonchev–Trinajstić information content (AvgIpc) is 3.30. The van der Waals surface area contributed by atoms with E-state index in [2.05, 4.69) is 46.9 Å². The SMILES string of the molecule is CC(=O)OCC(C)(COC(C)=O)C(=O)N[C@H]1CC[C@@]2(C)[C@@H](CCC3=C4CC[C@H]([C@H](C)CC[C@H](C)C(C)C)[C@@]4(C)CC[C@@H]32)C1. The van der Waals surface area contributed by atoms with Crippen LogP contribution >= 0.6 is 0 Å². The normalized spacial score (nSPS) is 33.6. The third kappa shape index (κ3) is 7.03. The van der Waals surface area contributed by atoms with Crippen molar-refractivity contribution in [1.82, 2.24) is 5.32 Å². The summed E-state index contributed by atoms with van der Waals surface area (Å²) in [7, 11) is 0. The molecule has 0 radical (unpaired) electrons. The predicted molar refractivity (Wildman–Crippen MR) is 171 cm³/mol. The van der Waals surface area contributed by atoms with Crippen LogP contribution in [0.15, 0.2) is 11.1 Å². The van der Waals surface area contributed by atoms with E-state index in [1.807, 2.05) is 11.1 Å². The number of carbonyl (C=O) groups is 3. The molecule has 0 heterocycles. The fourth-order valence-electron chi connectivity index (χ4n) is 9.69. The first-order valence-electron chi connectivity index (χ1n) is 17.4. The predicted octanol–water partition coefficient (Wildman–Crippen LogP) is 8.04. The Balaban J connectivity index is 1.43. The lowest BCUT2D eigenvalue weighted by atomic mass is 9.48. The van der Waals surface area contributed by atoms with Crippen molar-refractivity contribution in [3.8, 4) is 0 Å². The summed E-state index contributed by atoms with van der Waals surface area (Å²) in [5.41, 5.74) is 3.24. The Morgan fingerprint density at radius 1 is 0.907 bits per heavy atom. The first kappa shape index (κ1) is 34.0. The molecule has 6 heteroatoms. The van der Waals surface area contributed by atoms with Crippen molar-refractivity contribution < 1.29 is 23.9 Å². The molecular formula is C37H61NO5. The molecule has 0 unspecified atom stereocenters. The number of nitrogens with one attached hydrogen (secondary N) is 1. The van der Waals surface area contributed by atoms with Gasteiger partial charge in [0.05, 0.1) is 0 Å². The lowest BCUT2D eigenvalue weighted by Crippen LogP contribution is -2.54. The minimum atomic E-state index is -1.11. The van der Waals surface area contributed by atoms with E-state index in [4.69, 9.17) is 9.47 Å². The molecule has 3 saturated carbocycles. The van der Waals surface area contributed by atoms with Gasteiger partial charge in [0.1, 0.15) is 18.6 Å². The van der Waals surface area contributed by atoms with E-state index in [-0.39, 0.29) is 25.2 Å². The quantitative estimate of drug-likeness (QED) is 0.192. The topological polar surface area (TPSA) is 81.7 Å². The third-order valence-corrected chi connectivity index (χ3v) is 13.0. The summed E-state index contributed by atoms with van der Waals surface area (Å²) < 4.78 is 10.4. The molecule has 0 bridgehead atoms. The van der Waals surface area contributed by atoms with Crippen molar-refractivity contribution in [3.63, 3.8) is 0 Å². The van der Waals surface area contributed by atoms with Crippen molar-refractivity contribution in [2.45, 2.75) is 139 Å². The van der Waals surface area contributed by atoms with Crippen molar-refractivity contribution in [3.05, 3.63) is 11.1 Å². The van der Waals surface area contributed by atoms with Crippen LogP contribution < -0.4 is 5.32 Å². The van der Waals surface area contributed by atoms with Crippen molar-refractivity contribution in [2.24, 2.45) is 51.8 Å². The number of amides is 1. The lowest BCUT2D eigenvalue weighted by Gasteiger charge is -2.57. The van der Waals surface area contributed by atoms with E-state index >= 15 is 0 Å². The monoisotopic (exact) mass is 599 g/mol. The molecule has 0 aromatic carbocycles. The van der Waals surface area contributed by atoms with Gasteiger partial charge in [0.2, 0.25) is 5.91 Å². The lowest BCUT2D eigenvalue weighted by molar-refractivity contribution is -0.156. The number of hydrogen-bond acceptors (Lipinski definition) is 5. The molecule has 0 saturated heterocycles. The highest BCUT2D eigenvalue weighted by Gasteiger charge is 2.56. The number of carbonyl (C=O) groups excluding carboxylic acids is 3. The number of ether oxygens (including phenoxy) is 2. The van der Waals surface area contributed by atoms with Gasteiger partial charge in [0.15, 0.2) is 0 Å². The van der Waals surface area contributed by atoms with Crippen molar-refractivity contribution >= 4 is 17.8 Å². The summed E-state index contributed by atoms with van der Waals surface area (Å²) in [6.07, 6.45) is 13.5. The second-order valence-electron chi connectivity index (χ2n) is 16.2. The minimum Gasteiger partial charge on any atom is -0.465 e. The van der Waals surface area contributed by atoms with Gasteiger partial charge in [0, 0.05) is 19.9 Å². The second kappa shape index (κ2) is 13.3. The summed E-state index contributed by atoms with van der Waals surface area (Å²) in [5.74, 6) is 3.35. The number of fused-ring (bicyclic) bond motifs is 4. The number of allylic oxidation sites excluding steroid dienone is 2. The maximum atomic E-state index is 13.5. The van der Waals surface area contributed by atoms with Crippen LogP contribution in [0.1, 0.15) is 133 Å². The fraction of sp³-hybridized carbons (Fsp3) is 0.865. The van der Waals surface area contributed by atoms with Gasteiger partial charge in [0.25, 0.3) is 0 Å². The van der Waals surface area contributed by atoms with E-state index in [1.54, 1.807) is 6.92 Å². The Kier molecular flexibility index (Phi) is 10.5. The van der Waals surface area contributed by atoms with Crippen molar-refractivity contribution in [1.29, 1.82) is 0 Å². The third-order valence-electron chi connectivity index (χ3n) is 13.0. The van der Waals surface area contributed by atoms with Crippen LogP contribution in [-0.4, -0.2) is 37.1 Å². The van der Waals surface area contributed by atoms with Crippen LogP contribution in [0.3, 0.4) is 0 Å². The summed E-state index contributed by atoms with van der Waals surface area (Å²) in [6, 6.07) is 0.0903. The van der Waals surface area contributed by atoms with Gasteiger partial charge < -0.3 is 14.8 Å². The molecule has 0 aromatic rings. The molecular weight excluding hydrogens is 538 g/mol. The summed E-state index contributed by atoms with van der Waals surface area (Å²) in [6.45, 7) is 19.0. The molecule has 3 fully saturated rings. The molecule has 43 heavy (non-hydrogen) atoms. The number of hydrogen-bond donors (Lipinski definition) is 1. The van der Waals surface area contributed by atoms with Gasteiger partial charge in [-0.1, -0.05) is 65.5 Å². The minimum absolute atomic E-state index is 0.0903. The van der Waals surface area contributed by atoms with E-state index in [1.165, 1.54) is 65.2 Å². The Morgan fingerprint density at radius 3 is 2.16 bits per heavy atom. The molecule has 8 atom stereocenters. The van der Waals surface area contributed by atoms with Gasteiger partial charge in [-0.3, -0.25) is 14.4 Å². The molecule has 1 N–H and O–H groups in total. The number of rotatable bonds is 11. The standard InChI is InChI=1S/C37H61NO5/c1-23(2)24(3)10-11-25(4)31-14-15-32-30-13-12-28-20-29(16-18-36(28,8)33(30)17-19-37(31,32)9)38-34(41)35(7,21-42-26(5)39)22-43-27(6)40/h23-25,28-29,31,33H,10-22H2,1-9H3,(H,38,41)/t24-,25+,28-,29-,31+,33-,36-,37+/m0/s1. The highest BCUT2D eigenvalue weighted by atomic mass is 16.5. The fourth-order valence-corrected chi connectivity index (χ4v) is 9.69. The highest BCUT2D eigenvalue weighted by Crippen LogP contribution is 2.66. The highest BCUT2D eigenvalue weighted by molar-refractivity contribution is 5.83. The van der Waals surface area contributed by atoms with Crippen LogP contribution in [0.25, 0.3) is 0 Å². The molecule has 4 aliphatic rings. The zero-order valence-corrected chi connectivity index (χ0v) is 28.8. The Bertz CT molecular complexity index is 1060. The molecule has 0 aromatic heterocycles. The van der Waals surface area contributed by atoms with E-state index < -0.39 is 17.4 Å². The first-order chi connectivity index (χ1) is 20.1. The van der Waals surface area contributed by atoms with Gasteiger partial charge in [-0.15, -0.1) is 0 Å². The van der Waals surface area contributed by atoms with E-state index in [0.29, 0.717) is 22.7 Å². The Morgan fingerprint density at radius 2 is 1.56 bits per heavy atom. The molecule has 4 rings (SSSR count). The molecule has 1 amide bonds.